The van der Waals surface area contributed by atoms with Crippen molar-refractivity contribution in [2.45, 2.75) is 77.0 Å². The van der Waals surface area contributed by atoms with Crippen molar-refractivity contribution in [1.29, 1.82) is 0 Å². The van der Waals surface area contributed by atoms with Crippen LogP contribution in [-0.2, 0) is 33.2 Å². The van der Waals surface area contributed by atoms with Gasteiger partial charge in [-0.15, -0.1) is 0 Å². The van der Waals surface area contributed by atoms with Gasteiger partial charge in [0, 0.05) is 12.2 Å². The first kappa shape index (κ1) is 31.1. The number of carbonyl (C=O) groups excluding carboxylic acids is 1. The normalized spacial score (nSPS) is 25.8. The van der Waals surface area contributed by atoms with Crippen LogP contribution in [0.4, 0.5) is 5.82 Å². The fourth-order valence-corrected chi connectivity index (χ4v) is 8.52. The van der Waals surface area contributed by atoms with E-state index in [0.29, 0.717) is 16.9 Å². The minimum Gasteiger partial charge on any atom is -0.438 e. The molecule has 4 N–H and O–H groups in total. The minimum absolute atomic E-state index is 0.0491. The van der Waals surface area contributed by atoms with Crippen molar-refractivity contribution in [1.82, 2.24) is 14.5 Å². The molecular weight excluding hydrogens is 591 g/mol. The molecule has 2 aromatic rings. The quantitative estimate of drug-likeness (QED) is 0.130. The van der Waals surface area contributed by atoms with Gasteiger partial charge in [0.2, 0.25) is 12.1 Å². The highest BCUT2D eigenvalue weighted by atomic mass is 35.5. The second-order valence-electron chi connectivity index (χ2n) is 11.1. The highest BCUT2D eigenvalue weighted by Gasteiger charge is 2.47. The Balaban J connectivity index is 1.44. The van der Waals surface area contributed by atoms with Crippen LogP contribution in [0, 0.1) is 5.41 Å². The largest absolute Gasteiger partial charge is 0.438 e. The molecule has 40 heavy (non-hydrogen) atoms. The summed E-state index contributed by atoms with van der Waals surface area (Å²) in [5.74, 6) is -1.08. The van der Waals surface area contributed by atoms with Crippen molar-refractivity contribution in [3.8, 4) is 0 Å². The highest BCUT2D eigenvalue weighted by Crippen LogP contribution is 2.44. The lowest BCUT2D eigenvalue weighted by molar-refractivity contribution is -0.159. The Bertz CT molecular complexity index is 1390. The van der Waals surface area contributed by atoms with Crippen LogP contribution in [0.1, 0.15) is 52.7 Å². The van der Waals surface area contributed by atoms with Crippen LogP contribution in [0.25, 0.3) is 11.0 Å². The zero-order valence-electron chi connectivity index (χ0n) is 22.3. The number of rotatable bonds is 10. The van der Waals surface area contributed by atoms with Gasteiger partial charge < -0.3 is 34.5 Å². The van der Waals surface area contributed by atoms with Gasteiger partial charge in [-0.25, -0.2) is 13.4 Å². The van der Waals surface area contributed by atoms with Crippen LogP contribution in [0.15, 0.2) is 12.3 Å². The molecule has 14 nitrogen and oxygen atoms in total. The summed E-state index contributed by atoms with van der Waals surface area (Å²) in [4.78, 5) is 30.3. The average Bonchev–Trinajstić information content (AvgIpc) is 3.54. The first-order valence-electron chi connectivity index (χ1n) is 12.7. The number of sulfone groups is 1. The fourth-order valence-electron chi connectivity index (χ4n) is 4.65. The summed E-state index contributed by atoms with van der Waals surface area (Å²) in [6, 6.07) is 1.93. The van der Waals surface area contributed by atoms with E-state index in [2.05, 4.69) is 19.8 Å². The third-order valence-electron chi connectivity index (χ3n) is 6.69. The molecule has 0 radical (unpaired) electrons. The standard InChI is InChI=1S/C23H34ClN4O10PS/c1-23(2,3)21(31)36-11-37-39(32,33)12-40(34,35)10-15-16(29)17(30)20(38-15)28-9-8-14-18(25-13-6-4-5-7-13)26-22(24)27-19(14)28/h8-9,13,15-17,20,29-30H,4-7,10-12H2,1-3H3,(H,32,33)(H,25,26,27)/t15-,16-,17-,20-/m1/s1. The molecule has 0 spiro atoms. The Kier molecular flexibility index (Phi) is 9.18. The van der Waals surface area contributed by atoms with E-state index in [0.717, 1.165) is 25.7 Å². The summed E-state index contributed by atoms with van der Waals surface area (Å²) in [6.45, 7) is 3.79. The lowest BCUT2D eigenvalue weighted by Gasteiger charge is -2.19. The zero-order chi connectivity index (χ0) is 29.5. The highest BCUT2D eigenvalue weighted by molar-refractivity contribution is 7.97. The van der Waals surface area contributed by atoms with Gasteiger partial charge in [-0.2, -0.15) is 4.98 Å². The number of anilines is 1. The van der Waals surface area contributed by atoms with Gasteiger partial charge in [0.1, 0.15) is 29.8 Å². The third kappa shape index (κ3) is 7.32. The molecule has 1 aliphatic heterocycles. The molecule has 2 fully saturated rings. The monoisotopic (exact) mass is 624 g/mol. The average molecular weight is 625 g/mol. The number of halogens is 1. The number of nitrogens with zero attached hydrogens (tertiary/aromatic N) is 3. The van der Waals surface area contributed by atoms with Crippen molar-refractivity contribution in [2.24, 2.45) is 5.41 Å². The summed E-state index contributed by atoms with van der Waals surface area (Å²) in [5.41, 5.74) is -1.90. The molecule has 1 unspecified atom stereocenters. The van der Waals surface area contributed by atoms with E-state index in [9.17, 15) is 32.9 Å². The first-order valence-corrected chi connectivity index (χ1v) is 16.7. The lowest BCUT2D eigenvalue weighted by atomic mass is 9.98. The van der Waals surface area contributed by atoms with E-state index in [-0.39, 0.29) is 11.3 Å². The van der Waals surface area contributed by atoms with E-state index < -0.39 is 71.4 Å². The Labute approximate surface area is 236 Å². The van der Waals surface area contributed by atoms with E-state index in [4.69, 9.17) is 21.1 Å². The molecule has 1 aliphatic carbocycles. The Morgan fingerprint density at radius 1 is 1.25 bits per heavy atom. The van der Waals surface area contributed by atoms with Gasteiger partial charge >= 0.3 is 13.6 Å². The lowest BCUT2D eigenvalue weighted by Crippen LogP contribution is -2.36. The van der Waals surface area contributed by atoms with Crippen molar-refractivity contribution in [3.63, 3.8) is 0 Å². The summed E-state index contributed by atoms with van der Waals surface area (Å²) in [5, 5.41) is 25.2. The predicted octanol–water partition coefficient (Wildman–Crippen LogP) is 2.18. The number of hydrogen-bond donors (Lipinski definition) is 4. The van der Waals surface area contributed by atoms with Crippen LogP contribution in [0.3, 0.4) is 0 Å². The minimum atomic E-state index is -4.74. The number of hydrogen-bond acceptors (Lipinski definition) is 12. The number of aliphatic hydroxyl groups excluding tert-OH is 2. The van der Waals surface area contributed by atoms with Gasteiger partial charge in [-0.1, -0.05) is 12.8 Å². The first-order chi connectivity index (χ1) is 18.6. The van der Waals surface area contributed by atoms with Crippen LogP contribution in [0.2, 0.25) is 5.28 Å². The topological polar surface area (TPSA) is 199 Å². The number of aromatic nitrogens is 3. The fraction of sp³-hybridized carbons (Fsp3) is 0.696. The van der Waals surface area contributed by atoms with Crippen LogP contribution in [-0.4, -0.2) is 86.4 Å². The second-order valence-corrected chi connectivity index (χ2v) is 15.8. The molecule has 2 aliphatic rings. The van der Waals surface area contributed by atoms with Crippen LogP contribution < -0.4 is 5.32 Å². The maximum Gasteiger partial charge on any atom is 0.346 e. The Hall–Kier alpha value is -1.84. The molecule has 224 valence electrons. The summed E-state index contributed by atoms with van der Waals surface area (Å²) in [7, 11) is -9.10. The van der Waals surface area contributed by atoms with Gasteiger partial charge in [0.25, 0.3) is 0 Å². The smallest absolute Gasteiger partial charge is 0.346 e. The molecule has 2 aromatic heterocycles. The molecule has 0 aromatic carbocycles. The molecule has 1 saturated carbocycles. The van der Waals surface area contributed by atoms with Crippen molar-refractivity contribution in [2.75, 3.05) is 23.4 Å². The molecule has 17 heteroatoms. The summed E-state index contributed by atoms with van der Waals surface area (Å²) >= 11 is 6.17. The van der Waals surface area contributed by atoms with E-state index in [1.54, 1.807) is 33.0 Å². The van der Waals surface area contributed by atoms with Gasteiger partial charge in [0.15, 0.2) is 21.6 Å². The number of aliphatic hydroxyl groups is 2. The summed E-state index contributed by atoms with van der Waals surface area (Å²) in [6.07, 6.45) is -0.110. The molecule has 4 rings (SSSR count). The molecule has 0 amide bonds. The molecule has 3 heterocycles. The van der Waals surface area contributed by atoms with Crippen LogP contribution in [0.5, 0.6) is 0 Å². The third-order valence-corrected chi connectivity index (χ3v) is 11.1. The Morgan fingerprint density at radius 3 is 2.58 bits per heavy atom. The Morgan fingerprint density at radius 2 is 1.93 bits per heavy atom. The van der Waals surface area contributed by atoms with Crippen LogP contribution >= 0.6 is 19.2 Å². The maximum absolute atomic E-state index is 12.7. The van der Waals surface area contributed by atoms with Crippen molar-refractivity contribution >= 4 is 51.9 Å². The zero-order valence-corrected chi connectivity index (χ0v) is 24.7. The number of nitrogens with one attached hydrogen (secondary N) is 1. The van der Waals surface area contributed by atoms with E-state index in [1.165, 1.54) is 4.57 Å². The number of esters is 1. The summed E-state index contributed by atoms with van der Waals surface area (Å²) < 4.78 is 54.3. The van der Waals surface area contributed by atoms with E-state index in [1.807, 2.05) is 0 Å². The molecule has 1 saturated heterocycles. The van der Waals surface area contributed by atoms with Gasteiger partial charge in [-0.3, -0.25) is 13.9 Å². The number of carbonyl (C=O) groups is 1. The number of ether oxygens (including phenoxy) is 2. The van der Waals surface area contributed by atoms with Crippen molar-refractivity contribution < 1.29 is 46.9 Å². The van der Waals surface area contributed by atoms with Crippen molar-refractivity contribution in [3.05, 3.63) is 17.5 Å². The molecule has 5 atom stereocenters. The van der Waals surface area contributed by atoms with Gasteiger partial charge in [-0.05, 0) is 51.3 Å². The van der Waals surface area contributed by atoms with Gasteiger partial charge in [0.05, 0.1) is 16.6 Å². The number of fused-ring (bicyclic) bond motifs is 1. The van der Waals surface area contributed by atoms with E-state index >= 15 is 0 Å². The second kappa shape index (κ2) is 11.8. The SMILES string of the molecule is CC(C)(C)C(=O)OCOP(=O)(O)CS(=O)(=O)C[C@H]1O[C@@H](n2ccc3c(NC4CCCC4)nc(Cl)nc32)[C@H](O)[C@@H]1O. The molecule has 0 bridgehead atoms. The predicted molar refractivity (Wildman–Crippen MR) is 144 cm³/mol. The molecular formula is C23H34ClN4O10PS. The maximum atomic E-state index is 12.7.